The van der Waals surface area contributed by atoms with Gasteiger partial charge in [0.05, 0.1) is 17.6 Å². The van der Waals surface area contributed by atoms with Crippen LogP contribution in [0.25, 0.3) is 21.6 Å². The topological polar surface area (TPSA) is 97.0 Å². The van der Waals surface area contributed by atoms with Crippen molar-refractivity contribution in [2.45, 2.75) is 6.42 Å². The maximum atomic E-state index is 12.8. The van der Waals surface area contributed by atoms with Crippen molar-refractivity contribution < 1.29 is 14.3 Å². The number of carbonyl (C=O) groups is 2. The molecule has 1 aliphatic rings. The second-order valence-electron chi connectivity index (χ2n) is 7.93. The van der Waals surface area contributed by atoms with Crippen LogP contribution < -0.4 is 10.1 Å². The number of imidazole rings is 1. The van der Waals surface area contributed by atoms with Gasteiger partial charge in [0.2, 0.25) is 5.95 Å². The van der Waals surface area contributed by atoms with E-state index in [1.807, 2.05) is 30.3 Å². The Morgan fingerprint density at radius 2 is 1.85 bits per heavy atom. The van der Waals surface area contributed by atoms with Crippen molar-refractivity contribution in [1.29, 1.82) is 0 Å². The lowest BCUT2D eigenvalue weighted by atomic mass is 10.0. The zero-order valence-corrected chi connectivity index (χ0v) is 18.7. The molecule has 5 aromatic rings. The van der Waals surface area contributed by atoms with Crippen LogP contribution in [0.2, 0.25) is 0 Å². The van der Waals surface area contributed by atoms with Crippen LogP contribution in [-0.2, 0) is 6.42 Å². The molecule has 8 heteroatoms. The van der Waals surface area contributed by atoms with Crippen molar-refractivity contribution in [3.05, 3.63) is 94.5 Å². The number of H-pyrrole nitrogens is 1. The van der Waals surface area contributed by atoms with Gasteiger partial charge in [0.1, 0.15) is 16.5 Å². The number of aromatic amines is 1. The van der Waals surface area contributed by atoms with E-state index in [0.717, 1.165) is 28.3 Å². The van der Waals surface area contributed by atoms with E-state index in [0.29, 0.717) is 40.4 Å². The van der Waals surface area contributed by atoms with Crippen molar-refractivity contribution in [1.82, 2.24) is 15.0 Å². The van der Waals surface area contributed by atoms with Gasteiger partial charge in [-0.15, -0.1) is 11.3 Å². The number of hydrogen-bond donors (Lipinski definition) is 2. The summed E-state index contributed by atoms with van der Waals surface area (Å²) in [7, 11) is 0. The maximum absolute atomic E-state index is 12.8. The van der Waals surface area contributed by atoms with E-state index in [4.69, 9.17) is 4.74 Å². The van der Waals surface area contributed by atoms with E-state index in [1.165, 1.54) is 11.3 Å². The fourth-order valence-electron chi connectivity index (χ4n) is 3.97. The number of carbonyl (C=O) groups excluding carboxylic acids is 2. The first-order valence-corrected chi connectivity index (χ1v) is 11.6. The molecule has 2 aromatic heterocycles. The zero-order valence-electron chi connectivity index (χ0n) is 17.9. The van der Waals surface area contributed by atoms with Crippen LogP contribution in [0.1, 0.15) is 32.0 Å². The Labute approximate surface area is 198 Å². The third kappa shape index (κ3) is 3.74. The van der Waals surface area contributed by atoms with E-state index in [9.17, 15) is 9.59 Å². The summed E-state index contributed by atoms with van der Waals surface area (Å²) in [4.78, 5) is 37.5. The van der Waals surface area contributed by atoms with Gasteiger partial charge in [-0.05, 0) is 42.0 Å². The van der Waals surface area contributed by atoms with Crippen LogP contribution in [0.15, 0.2) is 72.1 Å². The minimum Gasteiger partial charge on any atom is -0.493 e. The van der Waals surface area contributed by atoms with Gasteiger partial charge in [-0.3, -0.25) is 14.9 Å². The summed E-state index contributed by atoms with van der Waals surface area (Å²) in [5, 5.41) is 5.27. The van der Waals surface area contributed by atoms with Gasteiger partial charge in [-0.2, -0.15) is 0 Å². The van der Waals surface area contributed by atoms with Gasteiger partial charge in [0.25, 0.3) is 5.91 Å². The van der Waals surface area contributed by atoms with E-state index < -0.39 is 0 Å². The maximum Gasteiger partial charge on any atom is 0.277 e. The molecule has 7 nitrogen and oxygen atoms in total. The number of amides is 1. The van der Waals surface area contributed by atoms with Crippen molar-refractivity contribution in [2.24, 2.45) is 0 Å². The minimum absolute atomic E-state index is 0.0733. The van der Waals surface area contributed by atoms with E-state index in [1.54, 1.807) is 35.7 Å². The molecule has 0 spiro atoms. The molecule has 0 fully saturated rings. The molecule has 6 rings (SSSR count). The zero-order chi connectivity index (χ0) is 23.1. The summed E-state index contributed by atoms with van der Waals surface area (Å²) in [6.07, 6.45) is 0.882. The van der Waals surface area contributed by atoms with Crippen molar-refractivity contribution in [2.75, 3.05) is 11.9 Å². The van der Waals surface area contributed by atoms with E-state index in [2.05, 4.69) is 26.3 Å². The summed E-state index contributed by atoms with van der Waals surface area (Å²) in [5.41, 5.74) is 4.92. The minimum atomic E-state index is -0.355. The molecule has 0 saturated heterocycles. The smallest absolute Gasteiger partial charge is 0.277 e. The quantitative estimate of drug-likeness (QED) is 0.351. The normalized spacial score (nSPS) is 12.4. The summed E-state index contributed by atoms with van der Waals surface area (Å²) >= 11 is 1.41. The average molecular weight is 467 g/mol. The SMILES string of the molecule is O=C(c1ccccc1)c1ccc2nc(NC(=O)c3csc(-c4ccc5c(c4)CCO5)n3)[nH]c2c1. The number of fused-ring (bicyclic) bond motifs is 2. The number of aromatic nitrogens is 3. The molecule has 0 aliphatic carbocycles. The molecule has 3 aromatic carbocycles. The molecule has 0 saturated carbocycles. The lowest BCUT2D eigenvalue weighted by molar-refractivity contribution is 0.101. The number of hydrogen-bond acceptors (Lipinski definition) is 6. The predicted molar refractivity (Wildman–Crippen MR) is 131 cm³/mol. The highest BCUT2D eigenvalue weighted by Crippen LogP contribution is 2.32. The molecule has 1 amide bonds. The Bertz CT molecular complexity index is 1560. The Morgan fingerprint density at radius 3 is 2.74 bits per heavy atom. The Kier molecular flexibility index (Phi) is 4.92. The average Bonchev–Trinajstić information content (AvgIpc) is 3.62. The first-order chi connectivity index (χ1) is 16.6. The fraction of sp³-hybridized carbons (Fsp3) is 0.0769. The lowest BCUT2D eigenvalue weighted by Crippen LogP contribution is -2.13. The molecule has 0 bridgehead atoms. The van der Waals surface area contributed by atoms with E-state index >= 15 is 0 Å². The van der Waals surface area contributed by atoms with Crippen molar-refractivity contribution >= 4 is 40.0 Å². The number of thiazole rings is 1. The predicted octanol–water partition coefficient (Wildman–Crippen LogP) is 5.10. The first kappa shape index (κ1) is 20.3. The fourth-order valence-corrected chi connectivity index (χ4v) is 4.77. The van der Waals surface area contributed by atoms with Gasteiger partial charge in [-0.1, -0.05) is 30.3 Å². The number of ketones is 1. The number of benzene rings is 3. The molecule has 1 aliphatic heterocycles. The highest BCUT2D eigenvalue weighted by atomic mass is 32.1. The standard InChI is InChI=1S/C26H18N4O3S/c31-23(15-4-2-1-3-5-15)17-6-8-19-20(13-17)29-26(28-19)30-24(32)21-14-34-25(27-21)18-7-9-22-16(12-18)10-11-33-22/h1-9,12-14H,10-11H2,(H2,28,29,30,32). The molecule has 2 N–H and O–H groups in total. The van der Waals surface area contributed by atoms with E-state index in [-0.39, 0.29) is 11.7 Å². The third-order valence-corrected chi connectivity index (χ3v) is 6.58. The summed E-state index contributed by atoms with van der Waals surface area (Å²) < 4.78 is 5.56. The Hall–Kier alpha value is -4.30. The second-order valence-corrected chi connectivity index (χ2v) is 8.78. The van der Waals surface area contributed by atoms with Crippen LogP contribution in [-0.4, -0.2) is 33.2 Å². The highest BCUT2D eigenvalue weighted by Gasteiger charge is 2.17. The largest absolute Gasteiger partial charge is 0.493 e. The van der Waals surface area contributed by atoms with Gasteiger partial charge in [0.15, 0.2) is 5.78 Å². The summed E-state index contributed by atoms with van der Waals surface area (Å²) in [5.74, 6) is 0.785. The van der Waals surface area contributed by atoms with Crippen molar-refractivity contribution in [3.8, 4) is 16.3 Å². The van der Waals surface area contributed by atoms with Gasteiger partial charge in [0, 0.05) is 28.5 Å². The molecule has 3 heterocycles. The molecular weight excluding hydrogens is 448 g/mol. The number of nitrogens with zero attached hydrogens (tertiary/aromatic N) is 2. The van der Waals surface area contributed by atoms with Crippen LogP contribution in [0.4, 0.5) is 5.95 Å². The monoisotopic (exact) mass is 466 g/mol. The number of nitrogens with one attached hydrogen (secondary N) is 2. The van der Waals surface area contributed by atoms with Crippen LogP contribution >= 0.6 is 11.3 Å². The van der Waals surface area contributed by atoms with Gasteiger partial charge >= 0.3 is 0 Å². The van der Waals surface area contributed by atoms with Crippen LogP contribution in [0, 0.1) is 0 Å². The number of rotatable bonds is 5. The van der Waals surface area contributed by atoms with Gasteiger partial charge < -0.3 is 9.72 Å². The molecule has 34 heavy (non-hydrogen) atoms. The molecular formula is C26H18N4O3S. The Morgan fingerprint density at radius 1 is 0.971 bits per heavy atom. The van der Waals surface area contributed by atoms with Crippen LogP contribution in [0.5, 0.6) is 5.75 Å². The first-order valence-electron chi connectivity index (χ1n) is 10.8. The Balaban J connectivity index is 1.20. The van der Waals surface area contributed by atoms with Gasteiger partial charge in [-0.25, -0.2) is 9.97 Å². The van der Waals surface area contributed by atoms with Crippen molar-refractivity contribution in [3.63, 3.8) is 0 Å². The number of ether oxygens (including phenoxy) is 1. The number of anilines is 1. The summed E-state index contributed by atoms with van der Waals surface area (Å²) in [6, 6.07) is 20.3. The third-order valence-electron chi connectivity index (χ3n) is 5.69. The lowest BCUT2D eigenvalue weighted by Gasteiger charge is -2.01. The molecule has 0 unspecified atom stereocenters. The van der Waals surface area contributed by atoms with Crippen LogP contribution in [0.3, 0.4) is 0 Å². The second kappa shape index (κ2) is 8.24. The molecule has 0 atom stereocenters. The molecule has 166 valence electrons. The molecule has 0 radical (unpaired) electrons. The summed E-state index contributed by atoms with van der Waals surface area (Å²) in [6.45, 7) is 0.698. The highest BCUT2D eigenvalue weighted by molar-refractivity contribution is 7.13.